The van der Waals surface area contributed by atoms with Crippen LogP contribution < -0.4 is 10.1 Å². The maximum Gasteiger partial charge on any atom is 0.137 e. The molecular weight excluding hydrogens is 321 g/mol. The SMILES string of the molecule is Cc1cc(F)c(Br)cc1NCc1ccc2c(c1)CCO2. The van der Waals surface area contributed by atoms with Crippen LogP contribution in [0.5, 0.6) is 5.75 Å². The fourth-order valence-electron chi connectivity index (χ4n) is 2.38. The molecule has 0 spiro atoms. The van der Waals surface area contributed by atoms with E-state index in [0.29, 0.717) is 11.0 Å². The molecule has 2 aromatic rings. The lowest BCUT2D eigenvalue weighted by Crippen LogP contribution is -2.02. The van der Waals surface area contributed by atoms with Crippen molar-refractivity contribution in [1.82, 2.24) is 0 Å². The molecule has 3 rings (SSSR count). The van der Waals surface area contributed by atoms with Crippen LogP contribution in [0.25, 0.3) is 0 Å². The van der Waals surface area contributed by atoms with E-state index >= 15 is 0 Å². The summed E-state index contributed by atoms with van der Waals surface area (Å²) in [6.45, 7) is 3.39. The Morgan fingerprint density at radius 1 is 1.30 bits per heavy atom. The van der Waals surface area contributed by atoms with Crippen LogP contribution in [0.1, 0.15) is 16.7 Å². The molecule has 20 heavy (non-hydrogen) atoms. The van der Waals surface area contributed by atoms with Crippen molar-refractivity contribution in [2.75, 3.05) is 11.9 Å². The fourth-order valence-corrected chi connectivity index (χ4v) is 2.73. The number of ether oxygens (including phenoxy) is 1. The van der Waals surface area contributed by atoms with Gasteiger partial charge in [-0.1, -0.05) is 12.1 Å². The van der Waals surface area contributed by atoms with Gasteiger partial charge in [-0.3, -0.25) is 0 Å². The van der Waals surface area contributed by atoms with E-state index in [0.717, 1.165) is 30.0 Å². The number of rotatable bonds is 3. The van der Waals surface area contributed by atoms with Crippen LogP contribution in [-0.2, 0) is 13.0 Å². The van der Waals surface area contributed by atoms with E-state index in [1.54, 1.807) is 6.07 Å². The molecule has 0 fully saturated rings. The van der Waals surface area contributed by atoms with Gasteiger partial charge in [0.05, 0.1) is 11.1 Å². The molecule has 0 radical (unpaired) electrons. The van der Waals surface area contributed by atoms with Crippen molar-refractivity contribution in [2.45, 2.75) is 19.9 Å². The van der Waals surface area contributed by atoms with E-state index in [1.807, 2.05) is 13.0 Å². The molecule has 1 heterocycles. The molecule has 1 aliphatic heterocycles. The summed E-state index contributed by atoms with van der Waals surface area (Å²) in [6, 6.07) is 9.56. The van der Waals surface area contributed by atoms with Gasteiger partial charge in [0.1, 0.15) is 11.6 Å². The minimum atomic E-state index is -0.234. The van der Waals surface area contributed by atoms with Crippen LogP contribution in [0.15, 0.2) is 34.8 Å². The van der Waals surface area contributed by atoms with Gasteiger partial charge in [0, 0.05) is 18.7 Å². The first kappa shape index (κ1) is 13.4. The molecule has 2 nitrogen and oxygen atoms in total. The normalized spacial score (nSPS) is 12.9. The van der Waals surface area contributed by atoms with Gasteiger partial charge in [0.2, 0.25) is 0 Å². The number of hydrogen-bond acceptors (Lipinski definition) is 2. The number of halogens is 2. The van der Waals surface area contributed by atoms with Crippen molar-refractivity contribution >= 4 is 21.6 Å². The molecule has 0 unspecified atom stereocenters. The van der Waals surface area contributed by atoms with E-state index in [-0.39, 0.29) is 5.82 Å². The summed E-state index contributed by atoms with van der Waals surface area (Å²) < 4.78 is 19.4. The Balaban J connectivity index is 1.75. The Bertz CT molecular complexity index is 657. The van der Waals surface area contributed by atoms with E-state index < -0.39 is 0 Å². The average Bonchev–Trinajstić information content (AvgIpc) is 2.89. The van der Waals surface area contributed by atoms with Crippen LogP contribution in [0.3, 0.4) is 0 Å². The van der Waals surface area contributed by atoms with E-state index in [4.69, 9.17) is 4.74 Å². The van der Waals surface area contributed by atoms with Gasteiger partial charge in [0.25, 0.3) is 0 Å². The molecule has 0 aromatic heterocycles. The predicted molar refractivity (Wildman–Crippen MR) is 81.8 cm³/mol. The Morgan fingerprint density at radius 2 is 2.15 bits per heavy atom. The van der Waals surface area contributed by atoms with Crippen molar-refractivity contribution in [3.05, 3.63) is 57.3 Å². The number of benzene rings is 2. The Labute approximate surface area is 126 Å². The molecule has 0 amide bonds. The third kappa shape index (κ3) is 2.66. The third-order valence-corrected chi connectivity index (χ3v) is 4.11. The molecule has 104 valence electrons. The van der Waals surface area contributed by atoms with Gasteiger partial charge in [-0.05, 0) is 57.7 Å². The van der Waals surface area contributed by atoms with Gasteiger partial charge < -0.3 is 10.1 Å². The molecule has 0 saturated carbocycles. The first-order valence-corrected chi connectivity index (χ1v) is 7.37. The standard InChI is InChI=1S/C16H15BrFNO/c1-10-6-14(18)13(17)8-15(10)19-9-11-2-3-16-12(7-11)4-5-20-16/h2-3,6-8,19H,4-5,9H2,1H3. The van der Waals surface area contributed by atoms with E-state index in [9.17, 15) is 4.39 Å². The molecule has 1 aliphatic rings. The van der Waals surface area contributed by atoms with Crippen molar-refractivity contribution in [1.29, 1.82) is 0 Å². The van der Waals surface area contributed by atoms with E-state index in [1.165, 1.54) is 17.2 Å². The topological polar surface area (TPSA) is 21.3 Å². The average molecular weight is 336 g/mol. The molecule has 4 heteroatoms. The summed E-state index contributed by atoms with van der Waals surface area (Å²) in [4.78, 5) is 0. The largest absolute Gasteiger partial charge is 0.493 e. The zero-order valence-corrected chi connectivity index (χ0v) is 12.8. The van der Waals surface area contributed by atoms with Crippen LogP contribution >= 0.6 is 15.9 Å². The smallest absolute Gasteiger partial charge is 0.137 e. The summed E-state index contributed by atoms with van der Waals surface area (Å²) in [5, 5.41) is 3.35. The Morgan fingerprint density at radius 3 is 3.00 bits per heavy atom. The van der Waals surface area contributed by atoms with Gasteiger partial charge in [-0.15, -0.1) is 0 Å². The molecule has 0 bridgehead atoms. The summed E-state index contributed by atoms with van der Waals surface area (Å²) in [5.41, 5.74) is 4.31. The molecule has 0 aliphatic carbocycles. The second-order valence-corrected chi connectivity index (χ2v) is 5.83. The quantitative estimate of drug-likeness (QED) is 0.895. The highest BCUT2D eigenvalue weighted by atomic mass is 79.9. The third-order valence-electron chi connectivity index (χ3n) is 3.50. The lowest BCUT2D eigenvalue weighted by molar-refractivity contribution is 0.357. The number of fused-ring (bicyclic) bond motifs is 1. The first-order chi connectivity index (χ1) is 9.63. The van der Waals surface area contributed by atoms with Crippen molar-refractivity contribution in [3.8, 4) is 5.75 Å². The molecule has 0 atom stereocenters. The van der Waals surface area contributed by atoms with Crippen molar-refractivity contribution in [2.24, 2.45) is 0 Å². The predicted octanol–water partition coefficient (Wildman–Crippen LogP) is 4.44. The lowest BCUT2D eigenvalue weighted by Gasteiger charge is -2.11. The monoisotopic (exact) mass is 335 g/mol. The second kappa shape index (κ2) is 5.44. The summed E-state index contributed by atoms with van der Waals surface area (Å²) >= 11 is 3.22. The van der Waals surface area contributed by atoms with Gasteiger partial charge >= 0.3 is 0 Å². The van der Waals surface area contributed by atoms with Crippen molar-refractivity contribution < 1.29 is 9.13 Å². The van der Waals surface area contributed by atoms with Gasteiger partial charge in [-0.2, -0.15) is 0 Å². The number of nitrogens with one attached hydrogen (secondary N) is 1. The molecule has 2 aromatic carbocycles. The van der Waals surface area contributed by atoms with Crippen LogP contribution in [-0.4, -0.2) is 6.61 Å². The minimum Gasteiger partial charge on any atom is -0.493 e. The number of aryl methyl sites for hydroxylation is 1. The lowest BCUT2D eigenvalue weighted by atomic mass is 10.1. The van der Waals surface area contributed by atoms with Crippen molar-refractivity contribution in [3.63, 3.8) is 0 Å². The maximum absolute atomic E-state index is 13.4. The highest BCUT2D eigenvalue weighted by molar-refractivity contribution is 9.10. The fraction of sp³-hybridized carbons (Fsp3) is 0.250. The minimum absolute atomic E-state index is 0.234. The number of hydrogen-bond donors (Lipinski definition) is 1. The van der Waals surface area contributed by atoms with Gasteiger partial charge in [-0.25, -0.2) is 4.39 Å². The van der Waals surface area contributed by atoms with Crippen LogP contribution in [0, 0.1) is 12.7 Å². The zero-order chi connectivity index (χ0) is 14.1. The summed E-state index contributed by atoms with van der Waals surface area (Å²) in [7, 11) is 0. The first-order valence-electron chi connectivity index (χ1n) is 6.57. The van der Waals surface area contributed by atoms with Crippen LogP contribution in [0.4, 0.5) is 10.1 Å². The number of anilines is 1. The summed E-state index contributed by atoms with van der Waals surface area (Å²) in [5.74, 6) is 0.761. The second-order valence-electron chi connectivity index (χ2n) is 4.98. The Hall–Kier alpha value is -1.55. The Kier molecular flexibility index (Phi) is 3.66. The summed E-state index contributed by atoms with van der Waals surface area (Å²) in [6.07, 6.45) is 0.976. The zero-order valence-electron chi connectivity index (χ0n) is 11.2. The van der Waals surface area contributed by atoms with Crippen LogP contribution in [0.2, 0.25) is 0 Å². The maximum atomic E-state index is 13.4. The van der Waals surface area contributed by atoms with Gasteiger partial charge in [0.15, 0.2) is 0 Å². The molecule has 0 saturated heterocycles. The molecular formula is C16H15BrFNO. The molecule has 1 N–H and O–H groups in total. The highest BCUT2D eigenvalue weighted by Crippen LogP contribution is 2.27. The van der Waals surface area contributed by atoms with E-state index in [2.05, 4.69) is 33.4 Å². The highest BCUT2D eigenvalue weighted by Gasteiger charge is 2.12.